The van der Waals surface area contributed by atoms with E-state index in [0.29, 0.717) is 0 Å². The average Bonchev–Trinajstić information content (AvgIpc) is 4.21. The van der Waals surface area contributed by atoms with Crippen LogP contribution in [0.3, 0.4) is 0 Å². The Morgan fingerprint density at radius 3 is 0.805 bits per heavy atom. The zero-order chi connectivity index (χ0) is 51.1. The van der Waals surface area contributed by atoms with Crippen LogP contribution in [0, 0.1) is 0 Å². The molecule has 1 spiro atoms. The molecular weight excluding hydrogens is 931 g/mol. The first-order valence-electron chi connectivity index (χ1n) is 26.6. The molecule has 0 atom stereocenters. The van der Waals surface area contributed by atoms with Crippen LogP contribution in [0.2, 0.25) is 0 Å². The molecule has 0 bridgehead atoms. The zero-order valence-electron chi connectivity index (χ0n) is 42.4. The summed E-state index contributed by atoms with van der Waals surface area (Å²) in [6.45, 7) is 0. The van der Waals surface area contributed by atoms with E-state index >= 15 is 0 Å². The van der Waals surface area contributed by atoms with Crippen LogP contribution in [0.4, 0.5) is 51.2 Å². The van der Waals surface area contributed by atoms with Gasteiger partial charge in [-0.2, -0.15) is 0 Å². The van der Waals surface area contributed by atoms with E-state index in [0.717, 1.165) is 51.2 Å². The predicted octanol–water partition coefficient (Wildman–Crippen LogP) is 19.6. The first-order valence-corrected chi connectivity index (χ1v) is 26.6. The minimum atomic E-state index is -0.604. The van der Waals surface area contributed by atoms with Gasteiger partial charge in [-0.05, 0) is 170 Å². The van der Waals surface area contributed by atoms with Crippen molar-refractivity contribution in [1.29, 1.82) is 0 Å². The molecule has 364 valence electrons. The van der Waals surface area contributed by atoms with E-state index in [-0.39, 0.29) is 5.92 Å². The third-order valence-corrected chi connectivity index (χ3v) is 15.7. The Labute approximate surface area is 451 Å². The fraction of sp³-hybridized carbons (Fsp3) is 0.0270. The fourth-order valence-corrected chi connectivity index (χ4v) is 12.5. The van der Waals surface area contributed by atoms with Gasteiger partial charge in [-0.1, -0.05) is 206 Å². The molecule has 3 heteroatoms. The van der Waals surface area contributed by atoms with Gasteiger partial charge in [-0.25, -0.2) is 0 Å². The van der Waals surface area contributed by atoms with Gasteiger partial charge in [-0.3, -0.25) is 0 Å². The van der Waals surface area contributed by atoms with E-state index in [4.69, 9.17) is 0 Å². The Morgan fingerprint density at radius 1 is 0.195 bits per heavy atom. The summed E-state index contributed by atoms with van der Waals surface area (Å²) in [4.78, 5) is 7.16. The third kappa shape index (κ3) is 7.83. The maximum atomic E-state index is 2.49. The van der Waals surface area contributed by atoms with Crippen LogP contribution in [0.5, 0.6) is 0 Å². The highest BCUT2D eigenvalue weighted by molar-refractivity contribution is 5.98. The van der Waals surface area contributed by atoms with Crippen LogP contribution in [0.25, 0.3) is 22.3 Å². The van der Waals surface area contributed by atoms with E-state index in [1.807, 2.05) is 0 Å². The van der Waals surface area contributed by atoms with Crippen molar-refractivity contribution in [3.8, 4) is 22.3 Å². The number of rotatable bonds is 12. The van der Waals surface area contributed by atoms with Crippen LogP contribution < -0.4 is 14.7 Å². The molecule has 0 saturated carbocycles. The molecule has 77 heavy (non-hydrogen) atoms. The SMILES string of the molecule is c1ccc(C(c2ccccc2)c2ccc(N(c3ccccc3)c3ccc4c(c3)C3(c5ccccc5-c5ccccc53)c3cc(N(c5ccccc5)c5ccc(N(c6ccccc6)c6ccccc6)cc5)ccc3-4)cc2)cc1. The molecule has 12 aromatic rings. The van der Waals surface area contributed by atoms with Gasteiger partial charge in [0.2, 0.25) is 0 Å². The van der Waals surface area contributed by atoms with Gasteiger partial charge in [-0.15, -0.1) is 0 Å². The monoisotopic (exact) mass is 983 g/mol. The molecule has 2 aliphatic carbocycles. The lowest BCUT2D eigenvalue weighted by Crippen LogP contribution is -2.26. The average molecular weight is 984 g/mol. The molecule has 0 heterocycles. The highest BCUT2D eigenvalue weighted by Gasteiger charge is 2.52. The number of hydrogen-bond donors (Lipinski definition) is 0. The van der Waals surface area contributed by atoms with Crippen molar-refractivity contribution >= 4 is 51.2 Å². The van der Waals surface area contributed by atoms with Crippen LogP contribution in [0.15, 0.2) is 315 Å². The molecule has 0 amide bonds. The Morgan fingerprint density at radius 2 is 0.442 bits per heavy atom. The fourth-order valence-electron chi connectivity index (χ4n) is 12.5. The van der Waals surface area contributed by atoms with Crippen LogP contribution in [-0.2, 0) is 5.41 Å². The number of anilines is 9. The summed E-state index contributed by atoms with van der Waals surface area (Å²) >= 11 is 0. The van der Waals surface area contributed by atoms with E-state index < -0.39 is 5.41 Å². The molecule has 12 aromatic carbocycles. The summed E-state index contributed by atoms with van der Waals surface area (Å²) in [5.74, 6) is 0.101. The molecule has 0 saturated heterocycles. The summed E-state index contributed by atoms with van der Waals surface area (Å²) in [5.41, 5.74) is 23.2. The molecule has 0 aliphatic heterocycles. The smallest absolute Gasteiger partial charge is 0.0727 e. The largest absolute Gasteiger partial charge is 0.311 e. The van der Waals surface area contributed by atoms with Gasteiger partial charge >= 0.3 is 0 Å². The second-order valence-corrected chi connectivity index (χ2v) is 20.0. The maximum Gasteiger partial charge on any atom is 0.0727 e. The number of nitrogens with zero attached hydrogens (tertiary/aromatic N) is 3. The Balaban J connectivity index is 0.923. The van der Waals surface area contributed by atoms with Crippen molar-refractivity contribution in [3.05, 3.63) is 354 Å². The van der Waals surface area contributed by atoms with Gasteiger partial charge in [0.1, 0.15) is 0 Å². The Hall–Kier alpha value is -9.96. The quantitative estimate of drug-likeness (QED) is 0.113. The van der Waals surface area contributed by atoms with Crippen molar-refractivity contribution in [2.45, 2.75) is 11.3 Å². The molecule has 0 N–H and O–H groups in total. The molecule has 0 radical (unpaired) electrons. The maximum absolute atomic E-state index is 2.49. The number of hydrogen-bond acceptors (Lipinski definition) is 3. The lowest BCUT2D eigenvalue weighted by atomic mass is 9.70. The lowest BCUT2D eigenvalue weighted by molar-refractivity contribution is 0.793. The lowest BCUT2D eigenvalue weighted by Gasteiger charge is -2.33. The highest BCUT2D eigenvalue weighted by Crippen LogP contribution is 2.64. The number of fused-ring (bicyclic) bond motifs is 10. The zero-order valence-corrected chi connectivity index (χ0v) is 42.4. The minimum Gasteiger partial charge on any atom is -0.311 e. The van der Waals surface area contributed by atoms with Gasteiger partial charge in [0.15, 0.2) is 0 Å². The summed E-state index contributed by atoms with van der Waals surface area (Å²) < 4.78 is 0. The van der Waals surface area contributed by atoms with E-state index in [2.05, 4.69) is 330 Å². The predicted molar refractivity (Wildman–Crippen MR) is 321 cm³/mol. The van der Waals surface area contributed by atoms with Gasteiger partial charge < -0.3 is 14.7 Å². The molecular formula is C74H53N3. The van der Waals surface area contributed by atoms with Crippen molar-refractivity contribution in [1.82, 2.24) is 0 Å². The highest BCUT2D eigenvalue weighted by atomic mass is 15.2. The number of benzene rings is 12. The van der Waals surface area contributed by atoms with E-state index in [9.17, 15) is 0 Å². The van der Waals surface area contributed by atoms with Gasteiger partial charge in [0.25, 0.3) is 0 Å². The molecule has 0 fully saturated rings. The van der Waals surface area contributed by atoms with Crippen molar-refractivity contribution in [2.75, 3.05) is 14.7 Å². The first-order chi connectivity index (χ1) is 38.2. The van der Waals surface area contributed by atoms with Crippen molar-refractivity contribution < 1.29 is 0 Å². The van der Waals surface area contributed by atoms with Gasteiger partial charge in [0, 0.05) is 57.1 Å². The van der Waals surface area contributed by atoms with E-state index in [1.54, 1.807) is 0 Å². The second-order valence-electron chi connectivity index (χ2n) is 20.0. The number of para-hydroxylation sites is 4. The molecule has 0 unspecified atom stereocenters. The van der Waals surface area contributed by atoms with Crippen molar-refractivity contribution in [2.24, 2.45) is 0 Å². The van der Waals surface area contributed by atoms with E-state index in [1.165, 1.54) is 61.2 Å². The molecule has 14 rings (SSSR count). The van der Waals surface area contributed by atoms with Crippen LogP contribution >= 0.6 is 0 Å². The summed E-state index contributed by atoms with van der Waals surface area (Å²) in [6.07, 6.45) is 0. The Bertz CT molecular complexity index is 3670. The standard InChI is InChI=1S/C74H53N3/c1-7-23-53(24-8-1)73(54-25-9-2-10-26-54)55-39-41-60(42-40-55)76(58-31-15-5-16-32-58)63-47-49-67-68-50-48-64(52-72(68)74(71(67)51-63)69-37-21-19-35-65(69)66-36-20-22-38-70(66)74)77(59-33-17-6-18-34-59)62-45-43-61(44-46-62)75(56-27-11-3-12-28-56)57-29-13-4-14-30-57/h1-52,73H. The van der Waals surface area contributed by atoms with Crippen LogP contribution in [0.1, 0.15) is 44.9 Å². The topological polar surface area (TPSA) is 9.72 Å². The molecule has 0 aromatic heterocycles. The molecule has 2 aliphatic rings. The summed E-state index contributed by atoms with van der Waals surface area (Å²) in [7, 11) is 0. The minimum absolute atomic E-state index is 0.101. The molecule has 3 nitrogen and oxygen atoms in total. The van der Waals surface area contributed by atoms with Crippen molar-refractivity contribution in [3.63, 3.8) is 0 Å². The third-order valence-electron chi connectivity index (χ3n) is 15.7. The van der Waals surface area contributed by atoms with Gasteiger partial charge in [0.05, 0.1) is 5.41 Å². The Kier molecular flexibility index (Phi) is 11.5. The summed E-state index contributed by atoms with van der Waals surface area (Å²) in [5, 5.41) is 0. The second kappa shape index (κ2) is 19.4. The normalized spacial score (nSPS) is 12.4. The van der Waals surface area contributed by atoms with Crippen LogP contribution in [-0.4, -0.2) is 0 Å². The summed E-state index contributed by atoms with van der Waals surface area (Å²) in [6, 6.07) is 115. The first kappa shape index (κ1) is 45.6.